The minimum atomic E-state index is -0.633. The fraction of sp³-hybridized carbons (Fsp3) is 0.500. The zero-order chi connectivity index (χ0) is 14.9. The SMILES string of the molecule is Cc1ccc(C)c(C(=O)CN2CCNC(=O)C2(C)C)c1. The molecular weight excluding hydrogens is 252 g/mol. The summed E-state index contributed by atoms with van der Waals surface area (Å²) >= 11 is 0. The average Bonchev–Trinajstić information content (AvgIpc) is 2.38. The van der Waals surface area contributed by atoms with Crippen molar-refractivity contribution in [2.75, 3.05) is 19.6 Å². The second-order valence-corrected chi connectivity index (χ2v) is 5.98. The smallest absolute Gasteiger partial charge is 0.240 e. The van der Waals surface area contributed by atoms with E-state index in [-0.39, 0.29) is 18.2 Å². The molecule has 1 aliphatic heterocycles. The van der Waals surface area contributed by atoms with E-state index in [0.717, 1.165) is 16.7 Å². The van der Waals surface area contributed by atoms with E-state index in [1.807, 2.05) is 50.8 Å². The Labute approximate surface area is 120 Å². The van der Waals surface area contributed by atoms with Crippen molar-refractivity contribution in [1.82, 2.24) is 10.2 Å². The Bertz CT molecular complexity index is 549. The predicted octanol–water partition coefficient (Wildman–Crippen LogP) is 1.70. The summed E-state index contributed by atoms with van der Waals surface area (Å²) in [5.74, 6) is 0.0616. The quantitative estimate of drug-likeness (QED) is 0.853. The first kappa shape index (κ1) is 14.7. The van der Waals surface area contributed by atoms with Crippen LogP contribution in [0, 0.1) is 13.8 Å². The number of piperazine rings is 1. The van der Waals surface area contributed by atoms with Gasteiger partial charge in [0, 0.05) is 18.7 Å². The number of rotatable bonds is 3. The minimum absolute atomic E-state index is 0.0162. The third-order valence-electron chi connectivity index (χ3n) is 4.04. The number of hydrogen-bond acceptors (Lipinski definition) is 3. The van der Waals surface area contributed by atoms with E-state index in [1.165, 1.54) is 0 Å². The van der Waals surface area contributed by atoms with Gasteiger partial charge < -0.3 is 5.32 Å². The number of aryl methyl sites for hydroxylation is 2. The van der Waals surface area contributed by atoms with Crippen molar-refractivity contribution in [2.24, 2.45) is 0 Å². The standard InChI is InChI=1S/C16H22N2O2/c1-11-5-6-12(2)13(9-11)14(19)10-18-8-7-17-15(20)16(18,3)4/h5-6,9H,7-8,10H2,1-4H3,(H,17,20). The lowest BCUT2D eigenvalue weighted by atomic mass is 9.96. The maximum Gasteiger partial charge on any atom is 0.240 e. The molecule has 4 heteroatoms. The lowest BCUT2D eigenvalue weighted by Crippen LogP contribution is -2.62. The number of carbonyl (C=O) groups is 2. The molecule has 0 radical (unpaired) electrons. The van der Waals surface area contributed by atoms with Crippen molar-refractivity contribution in [2.45, 2.75) is 33.2 Å². The molecule has 0 atom stereocenters. The highest BCUT2D eigenvalue weighted by atomic mass is 16.2. The van der Waals surface area contributed by atoms with Gasteiger partial charge in [0.1, 0.15) is 0 Å². The number of benzene rings is 1. The Morgan fingerprint density at radius 2 is 2.05 bits per heavy atom. The molecule has 1 N–H and O–H groups in total. The molecule has 0 saturated carbocycles. The van der Waals surface area contributed by atoms with Gasteiger partial charge in [-0.15, -0.1) is 0 Å². The summed E-state index contributed by atoms with van der Waals surface area (Å²) in [4.78, 5) is 26.4. The fourth-order valence-corrected chi connectivity index (χ4v) is 2.52. The fourth-order valence-electron chi connectivity index (χ4n) is 2.52. The van der Waals surface area contributed by atoms with E-state index in [0.29, 0.717) is 13.1 Å². The maximum absolute atomic E-state index is 12.5. The molecule has 0 aliphatic carbocycles. The van der Waals surface area contributed by atoms with Gasteiger partial charge in [-0.1, -0.05) is 17.7 Å². The Hall–Kier alpha value is -1.68. The monoisotopic (exact) mass is 274 g/mol. The topological polar surface area (TPSA) is 49.4 Å². The Morgan fingerprint density at radius 3 is 2.75 bits per heavy atom. The van der Waals surface area contributed by atoms with Gasteiger partial charge in [-0.3, -0.25) is 14.5 Å². The molecule has 0 bridgehead atoms. The minimum Gasteiger partial charge on any atom is -0.353 e. The molecule has 0 spiro atoms. The molecule has 20 heavy (non-hydrogen) atoms. The van der Waals surface area contributed by atoms with Crippen LogP contribution in [-0.4, -0.2) is 41.8 Å². The van der Waals surface area contributed by atoms with Crippen LogP contribution < -0.4 is 5.32 Å². The van der Waals surface area contributed by atoms with Crippen LogP contribution >= 0.6 is 0 Å². The van der Waals surface area contributed by atoms with Gasteiger partial charge in [0.25, 0.3) is 0 Å². The second-order valence-electron chi connectivity index (χ2n) is 5.98. The van der Waals surface area contributed by atoms with E-state index in [9.17, 15) is 9.59 Å². The first-order chi connectivity index (χ1) is 9.32. The van der Waals surface area contributed by atoms with Crippen molar-refractivity contribution in [3.05, 3.63) is 34.9 Å². The van der Waals surface area contributed by atoms with Gasteiger partial charge in [0.05, 0.1) is 12.1 Å². The second kappa shape index (κ2) is 5.37. The average molecular weight is 274 g/mol. The van der Waals surface area contributed by atoms with Crippen LogP contribution in [0.15, 0.2) is 18.2 Å². The van der Waals surface area contributed by atoms with Crippen molar-refractivity contribution < 1.29 is 9.59 Å². The van der Waals surface area contributed by atoms with Crippen LogP contribution in [0.2, 0.25) is 0 Å². The van der Waals surface area contributed by atoms with Crippen LogP contribution in [0.4, 0.5) is 0 Å². The molecule has 1 aromatic rings. The van der Waals surface area contributed by atoms with E-state index >= 15 is 0 Å². The number of hydrogen-bond donors (Lipinski definition) is 1. The van der Waals surface area contributed by atoms with E-state index in [4.69, 9.17) is 0 Å². The number of nitrogens with one attached hydrogen (secondary N) is 1. The predicted molar refractivity (Wildman–Crippen MR) is 78.9 cm³/mol. The van der Waals surface area contributed by atoms with Crippen molar-refractivity contribution in [3.8, 4) is 0 Å². The Morgan fingerprint density at radius 1 is 1.35 bits per heavy atom. The first-order valence-corrected chi connectivity index (χ1v) is 6.96. The lowest BCUT2D eigenvalue weighted by Gasteiger charge is -2.40. The molecule has 0 unspecified atom stereocenters. The van der Waals surface area contributed by atoms with Gasteiger partial charge in [-0.2, -0.15) is 0 Å². The third-order valence-corrected chi connectivity index (χ3v) is 4.04. The van der Waals surface area contributed by atoms with Crippen LogP contribution in [0.3, 0.4) is 0 Å². The normalized spacial score (nSPS) is 18.7. The molecule has 1 saturated heterocycles. The summed E-state index contributed by atoms with van der Waals surface area (Å²) < 4.78 is 0. The van der Waals surface area contributed by atoms with Gasteiger partial charge in [0.15, 0.2) is 5.78 Å². The zero-order valence-corrected chi connectivity index (χ0v) is 12.6. The first-order valence-electron chi connectivity index (χ1n) is 6.96. The van der Waals surface area contributed by atoms with Crippen LogP contribution in [0.25, 0.3) is 0 Å². The molecular formula is C16H22N2O2. The van der Waals surface area contributed by atoms with Crippen molar-refractivity contribution >= 4 is 11.7 Å². The highest BCUT2D eigenvalue weighted by Crippen LogP contribution is 2.19. The highest BCUT2D eigenvalue weighted by Gasteiger charge is 2.38. The summed E-state index contributed by atoms with van der Waals surface area (Å²) in [6.07, 6.45) is 0. The van der Waals surface area contributed by atoms with E-state index in [2.05, 4.69) is 5.32 Å². The van der Waals surface area contributed by atoms with Crippen molar-refractivity contribution in [1.29, 1.82) is 0 Å². The molecule has 1 aliphatic rings. The van der Waals surface area contributed by atoms with Crippen LogP contribution in [0.5, 0.6) is 0 Å². The Balaban J connectivity index is 2.19. The summed E-state index contributed by atoms with van der Waals surface area (Å²) in [6, 6.07) is 5.90. The summed E-state index contributed by atoms with van der Waals surface area (Å²) in [6.45, 7) is 9.23. The number of Topliss-reactive ketones (excluding diaryl/α,β-unsaturated/α-hetero) is 1. The number of ketones is 1. The molecule has 1 fully saturated rings. The molecule has 2 rings (SSSR count). The van der Waals surface area contributed by atoms with Crippen molar-refractivity contribution in [3.63, 3.8) is 0 Å². The maximum atomic E-state index is 12.5. The zero-order valence-electron chi connectivity index (χ0n) is 12.6. The molecule has 1 heterocycles. The highest BCUT2D eigenvalue weighted by molar-refractivity contribution is 5.99. The number of carbonyl (C=O) groups excluding carboxylic acids is 2. The van der Waals surface area contributed by atoms with E-state index in [1.54, 1.807) is 0 Å². The summed E-state index contributed by atoms with van der Waals surface area (Å²) in [5.41, 5.74) is 2.19. The molecule has 108 valence electrons. The van der Waals surface area contributed by atoms with Crippen LogP contribution in [0.1, 0.15) is 35.3 Å². The Kier molecular flexibility index (Phi) is 3.95. The van der Waals surface area contributed by atoms with E-state index < -0.39 is 5.54 Å². The lowest BCUT2D eigenvalue weighted by molar-refractivity contribution is -0.134. The van der Waals surface area contributed by atoms with Gasteiger partial charge in [0.2, 0.25) is 5.91 Å². The summed E-state index contributed by atoms with van der Waals surface area (Å²) in [7, 11) is 0. The summed E-state index contributed by atoms with van der Waals surface area (Å²) in [5, 5.41) is 2.84. The van der Waals surface area contributed by atoms with Gasteiger partial charge in [-0.05, 0) is 39.3 Å². The molecule has 0 aromatic heterocycles. The third kappa shape index (κ3) is 2.75. The number of amides is 1. The number of nitrogens with zero attached hydrogens (tertiary/aromatic N) is 1. The van der Waals surface area contributed by atoms with Gasteiger partial charge in [-0.25, -0.2) is 0 Å². The largest absolute Gasteiger partial charge is 0.353 e. The molecule has 1 amide bonds. The van der Waals surface area contributed by atoms with Gasteiger partial charge >= 0.3 is 0 Å². The molecule has 1 aromatic carbocycles. The molecule has 4 nitrogen and oxygen atoms in total. The van der Waals surface area contributed by atoms with Crippen LogP contribution in [-0.2, 0) is 4.79 Å².